The van der Waals surface area contributed by atoms with E-state index in [0.29, 0.717) is 23.7 Å². The molecule has 3 aliphatic carbocycles. The van der Waals surface area contributed by atoms with Gasteiger partial charge < -0.3 is 0 Å². The number of hydrogen-bond donors (Lipinski definition) is 0. The molecule has 2 nitrogen and oxygen atoms in total. The Morgan fingerprint density at radius 2 is 0.656 bits per heavy atom. The molecule has 2 heteroatoms. The van der Waals surface area contributed by atoms with Gasteiger partial charge in [-0.1, -0.05) is 109 Å². The number of benzene rings is 4. The van der Waals surface area contributed by atoms with E-state index in [1.807, 2.05) is 0 Å². The van der Waals surface area contributed by atoms with Crippen molar-refractivity contribution in [2.75, 3.05) is 0 Å². The zero-order chi connectivity index (χ0) is 20.9. The molecule has 0 saturated heterocycles. The minimum absolute atomic E-state index is 0.337. The quantitative estimate of drug-likeness (QED) is 0.339. The molecule has 5 aliphatic rings. The Bertz CT molecular complexity index is 1240. The summed E-state index contributed by atoms with van der Waals surface area (Å²) in [6.45, 7) is 0. The van der Waals surface area contributed by atoms with Gasteiger partial charge in [-0.15, -0.1) is 0 Å². The van der Waals surface area contributed by atoms with Crippen LogP contribution in [0.5, 0.6) is 0 Å². The van der Waals surface area contributed by atoms with Gasteiger partial charge >= 0.3 is 0 Å². The number of hydrogen-bond acceptors (Lipinski definition) is 2. The van der Waals surface area contributed by atoms with Crippen LogP contribution in [0.4, 0.5) is 0 Å². The van der Waals surface area contributed by atoms with Gasteiger partial charge in [-0.25, -0.2) is 0 Å². The van der Waals surface area contributed by atoms with Gasteiger partial charge in [0.15, 0.2) is 0 Å². The van der Waals surface area contributed by atoms with E-state index in [1.54, 1.807) is 0 Å². The Balaban J connectivity index is 1.51. The van der Waals surface area contributed by atoms with Gasteiger partial charge in [-0.05, 0) is 33.4 Å². The molecule has 4 atom stereocenters. The molecule has 1 fully saturated rings. The van der Waals surface area contributed by atoms with Crippen LogP contribution in [-0.2, 0) is 11.1 Å². The summed E-state index contributed by atoms with van der Waals surface area (Å²) in [5, 5.41) is 10.7. The van der Waals surface area contributed by atoms with E-state index >= 15 is 0 Å². The lowest BCUT2D eigenvalue weighted by molar-refractivity contribution is -0.00688. The second kappa shape index (κ2) is 5.63. The Morgan fingerprint density at radius 3 is 0.969 bits per heavy atom. The minimum Gasteiger partial charge on any atom is -0.180 e. The third-order valence-corrected chi connectivity index (χ3v) is 8.75. The van der Waals surface area contributed by atoms with Crippen LogP contribution in [0.1, 0.15) is 57.1 Å². The fraction of sp³-hybridized carbons (Fsp3) is 0.200. The second-order valence-corrected chi connectivity index (χ2v) is 9.75. The Morgan fingerprint density at radius 1 is 0.375 bits per heavy atom. The molecule has 32 heavy (non-hydrogen) atoms. The van der Waals surface area contributed by atoms with Crippen LogP contribution >= 0.6 is 0 Å². The van der Waals surface area contributed by atoms with E-state index in [4.69, 9.17) is 10.2 Å². The van der Waals surface area contributed by atoms with Crippen molar-refractivity contribution < 1.29 is 0 Å². The molecule has 0 spiro atoms. The summed E-state index contributed by atoms with van der Waals surface area (Å²) >= 11 is 0. The van der Waals surface area contributed by atoms with Gasteiger partial charge in [-0.3, -0.25) is 0 Å². The first-order valence-electron chi connectivity index (χ1n) is 11.6. The van der Waals surface area contributed by atoms with Gasteiger partial charge in [-0.2, -0.15) is 10.2 Å². The molecule has 0 N–H and O–H groups in total. The third-order valence-electron chi connectivity index (χ3n) is 8.75. The standard InChI is InChI=1S/C30H22N2/c1-3-11-19(12-4-1)29-25-21-15-7-9-17-23(21)27(25)30(32-31-29,20-13-5-2-6-14-20)28-24-18-10-8-16-22(24)26(28)29/h1-18,25-28H/t25-,26-,27+,28+,29?,30?. The zero-order valence-corrected chi connectivity index (χ0v) is 17.6. The Labute approximate surface area is 187 Å². The monoisotopic (exact) mass is 410 g/mol. The first-order chi connectivity index (χ1) is 15.9. The van der Waals surface area contributed by atoms with Crippen molar-refractivity contribution in [3.05, 3.63) is 143 Å². The van der Waals surface area contributed by atoms with Gasteiger partial charge in [0, 0.05) is 23.7 Å². The highest BCUT2D eigenvalue weighted by atomic mass is 15.3. The molecule has 0 radical (unpaired) electrons. The third kappa shape index (κ3) is 1.67. The van der Waals surface area contributed by atoms with E-state index in [-0.39, 0.29) is 11.1 Å². The molecule has 4 aromatic carbocycles. The summed E-state index contributed by atoms with van der Waals surface area (Å²) in [5.41, 5.74) is 7.78. The molecule has 152 valence electrons. The summed E-state index contributed by atoms with van der Waals surface area (Å²) in [6.07, 6.45) is 0. The SMILES string of the molecule is c1ccc(C23N=NC(c4ccccc4)([C@H]4c5ccccc5[C@H]42)[C@H]2c4ccccc4[C@H]23)cc1. The lowest BCUT2D eigenvalue weighted by Crippen LogP contribution is -2.66. The van der Waals surface area contributed by atoms with Crippen molar-refractivity contribution in [3.8, 4) is 0 Å². The highest BCUT2D eigenvalue weighted by Gasteiger charge is 2.77. The summed E-state index contributed by atoms with van der Waals surface area (Å²) in [6, 6.07) is 40.0. The summed E-state index contributed by atoms with van der Waals surface area (Å²) in [5.74, 6) is 1.36. The number of fused-ring (bicyclic) bond motifs is 2. The van der Waals surface area contributed by atoms with Crippen LogP contribution in [0.2, 0.25) is 0 Å². The van der Waals surface area contributed by atoms with Gasteiger partial charge in [0.25, 0.3) is 0 Å². The predicted octanol–water partition coefficient (Wildman–Crippen LogP) is 7.02. The molecule has 9 rings (SSSR count). The lowest BCUT2D eigenvalue weighted by Gasteiger charge is -2.71. The topological polar surface area (TPSA) is 24.7 Å². The summed E-state index contributed by atoms with van der Waals surface area (Å²) < 4.78 is 0. The fourth-order valence-corrected chi connectivity index (χ4v) is 7.69. The largest absolute Gasteiger partial charge is 0.180 e. The summed E-state index contributed by atoms with van der Waals surface area (Å²) in [7, 11) is 0. The van der Waals surface area contributed by atoms with Gasteiger partial charge in [0.05, 0.1) is 0 Å². The van der Waals surface area contributed by atoms with E-state index in [2.05, 4.69) is 109 Å². The first-order valence-corrected chi connectivity index (χ1v) is 11.6. The first kappa shape index (κ1) is 17.1. The van der Waals surface area contributed by atoms with Crippen LogP contribution in [0.25, 0.3) is 0 Å². The maximum absolute atomic E-state index is 5.34. The van der Waals surface area contributed by atoms with Crippen LogP contribution in [0.3, 0.4) is 0 Å². The normalized spacial score (nSPS) is 34.4. The molecule has 0 amide bonds. The molecule has 2 bridgehead atoms. The van der Waals surface area contributed by atoms with E-state index < -0.39 is 0 Å². The number of rotatable bonds is 2. The van der Waals surface area contributed by atoms with E-state index in [9.17, 15) is 0 Å². The predicted molar refractivity (Wildman–Crippen MR) is 125 cm³/mol. The second-order valence-electron chi connectivity index (χ2n) is 9.75. The minimum atomic E-state index is -0.337. The van der Waals surface area contributed by atoms with Gasteiger partial charge in [0.2, 0.25) is 0 Å². The molecular weight excluding hydrogens is 388 g/mol. The summed E-state index contributed by atoms with van der Waals surface area (Å²) in [4.78, 5) is 0. The molecule has 0 aromatic heterocycles. The fourth-order valence-electron chi connectivity index (χ4n) is 7.69. The average Bonchev–Trinajstić information content (AvgIpc) is 2.85. The van der Waals surface area contributed by atoms with Crippen molar-refractivity contribution in [2.24, 2.45) is 10.2 Å². The van der Waals surface area contributed by atoms with E-state index in [1.165, 1.54) is 33.4 Å². The van der Waals surface area contributed by atoms with Crippen LogP contribution < -0.4 is 0 Å². The van der Waals surface area contributed by atoms with E-state index in [0.717, 1.165) is 0 Å². The van der Waals surface area contributed by atoms with Crippen molar-refractivity contribution >= 4 is 0 Å². The maximum Gasteiger partial charge on any atom is 0.121 e. The Hall–Kier alpha value is -3.52. The van der Waals surface area contributed by atoms with Crippen LogP contribution in [0, 0.1) is 0 Å². The van der Waals surface area contributed by atoms with Gasteiger partial charge in [0.1, 0.15) is 11.1 Å². The van der Waals surface area contributed by atoms with Crippen LogP contribution in [-0.4, -0.2) is 0 Å². The molecule has 2 aliphatic heterocycles. The average molecular weight is 411 g/mol. The van der Waals surface area contributed by atoms with Crippen molar-refractivity contribution in [2.45, 2.75) is 34.7 Å². The molecule has 4 aromatic rings. The van der Waals surface area contributed by atoms with Crippen molar-refractivity contribution in [3.63, 3.8) is 0 Å². The molecular formula is C30H22N2. The number of azo groups is 1. The van der Waals surface area contributed by atoms with Crippen molar-refractivity contribution in [1.29, 1.82) is 0 Å². The zero-order valence-electron chi connectivity index (χ0n) is 17.6. The highest BCUT2D eigenvalue weighted by Crippen LogP contribution is 2.82. The smallest absolute Gasteiger partial charge is 0.121 e. The lowest BCUT2D eigenvalue weighted by atomic mass is 9.34. The molecule has 0 unspecified atom stereocenters. The number of nitrogens with zero attached hydrogens (tertiary/aromatic N) is 2. The highest BCUT2D eigenvalue weighted by molar-refractivity contribution is 5.66. The molecule has 2 heterocycles. The molecule has 1 saturated carbocycles. The van der Waals surface area contributed by atoms with Crippen LogP contribution in [0.15, 0.2) is 119 Å². The maximum atomic E-state index is 5.34. The Kier molecular flexibility index (Phi) is 3.01. The van der Waals surface area contributed by atoms with Crippen molar-refractivity contribution in [1.82, 2.24) is 0 Å².